The Labute approximate surface area is 134 Å². The Hall–Kier alpha value is -1.92. The summed E-state index contributed by atoms with van der Waals surface area (Å²) in [5, 5.41) is 0.888. The third-order valence-corrected chi connectivity index (χ3v) is 5.75. The minimum atomic E-state index is -0.561. The SMILES string of the molecule is C=C[C@@]12C[C@@H]1[C@@H](n1ccc3c(N)ncnc31)[C@@H]1OC(C)(C)O[C@@H]12. The average molecular weight is 312 g/mol. The van der Waals surface area contributed by atoms with Crippen molar-refractivity contribution >= 4 is 16.9 Å². The molecular formula is C17H20N4O2. The molecule has 6 nitrogen and oxygen atoms in total. The number of nitrogens with two attached hydrogens (primary N) is 1. The average Bonchev–Trinajstić information content (AvgIpc) is 2.78. The molecule has 2 aromatic heterocycles. The van der Waals surface area contributed by atoms with E-state index in [-0.39, 0.29) is 23.7 Å². The van der Waals surface area contributed by atoms with E-state index in [4.69, 9.17) is 15.2 Å². The molecule has 2 aromatic rings. The van der Waals surface area contributed by atoms with Gasteiger partial charge in [0.2, 0.25) is 0 Å². The normalized spacial score (nSPS) is 40.1. The van der Waals surface area contributed by atoms with Crippen LogP contribution in [0.5, 0.6) is 0 Å². The maximum Gasteiger partial charge on any atom is 0.163 e. The molecule has 3 heterocycles. The maximum absolute atomic E-state index is 6.25. The lowest BCUT2D eigenvalue weighted by Gasteiger charge is -2.24. The van der Waals surface area contributed by atoms with Crippen molar-refractivity contribution in [2.45, 2.75) is 44.3 Å². The van der Waals surface area contributed by atoms with Crippen molar-refractivity contribution in [3.63, 3.8) is 0 Å². The topological polar surface area (TPSA) is 75.2 Å². The van der Waals surface area contributed by atoms with Crippen molar-refractivity contribution in [3.05, 3.63) is 31.2 Å². The molecule has 3 fully saturated rings. The first-order valence-electron chi connectivity index (χ1n) is 8.03. The zero-order valence-electron chi connectivity index (χ0n) is 13.3. The predicted octanol–water partition coefficient (Wildman–Crippen LogP) is 2.28. The molecule has 5 atom stereocenters. The summed E-state index contributed by atoms with van der Waals surface area (Å²) in [7, 11) is 0. The van der Waals surface area contributed by atoms with E-state index in [1.54, 1.807) is 0 Å². The van der Waals surface area contributed by atoms with Crippen LogP contribution in [0.15, 0.2) is 31.2 Å². The largest absolute Gasteiger partial charge is 0.383 e. The van der Waals surface area contributed by atoms with Crippen molar-refractivity contribution in [2.24, 2.45) is 11.3 Å². The Morgan fingerprint density at radius 3 is 3.00 bits per heavy atom. The summed E-state index contributed by atoms with van der Waals surface area (Å²) in [5.41, 5.74) is 6.87. The molecule has 6 heteroatoms. The van der Waals surface area contributed by atoms with Crippen molar-refractivity contribution < 1.29 is 9.47 Å². The van der Waals surface area contributed by atoms with Gasteiger partial charge in [-0.2, -0.15) is 0 Å². The Kier molecular flexibility index (Phi) is 2.31. The van der Waals surface area contributed by atoms with Gasteiger partial charge in [0.25, 0.3) is 0 Å². The van der Waals surface area contributed by atoms with Crippen molar-refractivity contribution in [3.8, 4) is 0 Å². The molecule has 120 valence electrons. The van der Waals surface area contributed by atoms with Crippen molar-refractivity contribution in [2.75, 3.05) is 5.73 Å². The van der Waals surface area contributed by atoms with Gasteiger partial charge in [0.15, 0.2) is 5.79 Å². The summed E-state index contributed by atoms with van der Waals surface area (Å²) in [6.45, 7) is 8.02. The fraction of sp³-hybridized carbons (Fsp3) is 0.529. The molecule has 2 aliphatic carbocycles. The van der Waals surface area contributed by atoms with E-state index in [2.05, 4.69) is 27.2 Å². The number of hydrogen-bond donors (Lipinski definition) is 1. The Morgan fingerprint density at radius 2 is 2.22 bits per heavy atom. The molecule has 1 aliphatic heterocycles. The van der Waals surface area contributed by atoms with E-state index >= 15 is 0 Å². The fourth-order valence-electron chi connectivity index (χ4n) is 4.71. The van der Waals surface area contributed by atoms with Gasteiger partial charge in [0, 0.05) is 11.6 Å². The lowest BCUT2D eigenvalue weighted by molar-refractivity contribution is -0.159. The lowest BCUT2D eigenvalue weighted by atomic mass is 10.00. The molecule has 0 amide bonds. The van der Waals surface area contributed by atoms with Gasteiger partial charge in [-0.25, -0.2) is 9.97 Å². The number of aromatic nitrogens is 3. The molecule has 2 N–H and O–H groups in total. The number of rotatable bonds is 2. The molecule has 0 unspecified atom stereocenters. The summed E-state index contributed by atoms with van der Waals surface area (Å²) in [6, 6.07) is 2.17. The highest BCUT2D eigenvalue weighted by Crippen LogP contribution is 2.72. The number of nitrogen functional groups attached to an aromatic ring is 1. The minimum absolute atomic E-state index is 0.00791. The molecular weight excluding hydrogens is 292 g/mol. The van der Waals surface area contributed by atoms with Gasteiger partial charge in [0.05, 0.1) is 17.5 Å². The quantitative estimate of drug-likeness (QED) is 0.861. The number of nitrogens with zero attached hydrogens (tertiary/aromatic N) is 3. The van der Waals surface area contributed by atoms with Crippen LogP contribution < -0.4 is 5.73 Å². The summed E-state index contributed by atoms with van der Waals surface area (Å²) < 4.78 is 14.7. The summed E-state index contributed by atoms with van der Waals surface area (Å²) in [4.78, 5) is 8.53. The van der Waals surface area contributed by atoms with Gasteiger partial charge in [-0.1, -0.05) is 6.08 Å². The molecule has 2 saturated carbocycles. The highest BCUT2D eigenvalue weighted by atomic mass is 16.8. The number of anilines is 1. The Balaban J connectivity index is 1.65. The summed E-state index contributed by atoms with van der Waals surface area (Å²) in [5.74, 6) is 0.421. The third-order valence-electron chi connectivity index (χ3n) is 5.75. The number of hydrogen-bond acceptors (Lipinski definition) is 5. The minimum Gasteiger partial charge on any atom is -0.383 e. The highest BCUT2D eigenvalue weighted by Gasteiger charge is 2.74. The molecule has 0 aromatic carbocycles. The van der Waals surface area contributed by atoms with Crippen LogP contribution in [0.1, 0.15) is 26.3 Å². The predicted molar refractivity (Wildman–Crippen MR) is 85.5 cm³/mol. The molecule has 0 spiro atoms. The Morgan fingerprint density at radius 1 is 1.39 bits per heavy atom. The van der Waals surface area contributed by atoms with Crippen molar-refractivity contribution in [1.82, 2.24) is 14.5 Å². The highest BCUT2D eigenvalue weighted by molar-refractivity contribution is 5.86. The third kappa shape index (κ3) is 1.55. The van der Waals surface area contributed by atoms with E-state index in [0.717, 1.165) is 17.5 Å². The van der Waals surface area contributed by atoms with E-state index in [1.165, 1.54) is 6.33 Å². The van der Waals surface area contributed by atoms with Gasteiger partial charge in [-0.05, 0) is 32.3 Å². The molecule has 23 heavy (non-hydrogen) atoms. The van der Waals surface area contributed by atoms with Gasteiger partial charge < -0.3 is 19.8 Å². The van der Waals surface area contributed by atoms with Crippen LogP contribution in [0.2, 0.25) is 0 Å². The molecule has 0 bridgehead atoms. The molecule has 3 aliphatic rings. The van der Waals surface area contributed by atoms with Crippen LogP contribution in [0, 0.1) is 11.3 Å². The van der Waals surface area contributed by atoms with Crippen LogP contribution in [-0.2, 0) is 9.47 Å². The second-order valence-corrected chi connectivity index (χ2v) is 7.36. The van der Waals surface area contributed by atoms with Gasteiger partial charge in [-0.3, -0.25) is 0 Å². The van der Waals surface area contributed by atoms with Crippen LogP contribution in [0.4, 0.5) is 5.82 Å². The second kappa shape index (κ2) is 3.94. The van der Waals surface area contributed by atoms with Gasteiger partial charge >= 0.3 is 0 Å². The first-order valence-corrected chi connectivity index (χ1v) is 8.03. The van der Waals surface area contributed by atoms with Crippen LogP contribution in [0.25, 0.3) is 11.0 Å². The van der Waals surface area contributed by atoms with E-state index in [1.807, 2.05) is 26.1 Å². The second-order valence-electron chi connectivity index (χ2n) is 7.36. The van der Waals surface area contributed by atoms with Crippen LogP contribution in [-0.4, -0.2) is 32.5 Å². The molecule has 0 radical (unpaired) electrons. The van der Waals surface area contributed by atoms with Gasteiger partial charge in [-0.15, -0.1) is 6.58 Å². The first-order chi connectivity index (χ1) is 11.0. The number of ether oxygens (including phenoxy) is 2. The van der Waals surface area contributed by atoms with E-state index < -0.39 is 5.79 Å². The van der Waals surface area contributed by atoms with Crippen LogP contribution in [0.3, 0.4) is 0 Å². The zero-order chi connectivity index (χ0) is 16.0. The smallest absolute Gasteiger partial charge is 0.163 e. The fourth-order valence-corrected chi connectivity index (χ4v) is 4.71. The standard InChI is InChI=1S/C17H20N4O2/c1-4-17-7-10(17)11(12-13(17)23-16(2,3)22-12)21-6-5-9-14(18)19-8-20-15(9)21/h4-6,8,10-13H,1,7H2,2-3H3,(H2,18,19,20)/t10-,11-,12+,13+,17-/m1/s1. The van der Waals surface area contributed by atoms with Crippen LogP contribution >= 0.6 is 0 Å². The Bertz CT molecular complexity index is 829. The molecule has 5 rings (SSSR count). The van der Waals surface area contributed by atoms with E-state index in [9.17, 15) is 0 Å². The zero-order valence-corrected chi connectivity index (χ0v) is 13.3. The molecule has 1 saturated heterocycles. The number of fused-ring (bicyclic) bond motifs is 4. The first kappa shape index (κ1) is 13.5. The monoisotopic (exact) mass is 312 g/mol. The lowest BCUT2D eigenvalue weighted by Crippen LogP contribution is -2.31. The van der Waals surface area contributed by atoms with E-state index in [0.29, 0.717) is 11.7 Å². The van der Waals surface area contributed by atoms with Crippen molar-refractivity contribution in [1.29, 1.82) is 0 Å². The van der Waals surface area contributed by atoms with Gasteiger partial charge in [0.1, 0.15) is 23.9 Å². The maximum atomic E-state index is 6.25. The summed E-state index contributed by atoms with van der Waals surface area (Å²) >= 11 is 0. The summed E-state index contributed by atoms with van der Waals surface area (Å²) in [6.07, 6.45) is 6.78.